The lowest BCUT2D eigenvalue weighted by Crippen LogP contribution is -2.16. The number of anilines is 2. The summed E-state index contributed by atoms with van der Waals surface area (Å²) in [7, 11) is 0. The smallest absolute Gasteiger partial charge is 0.322 e. The maximum atomic E-state index is 13.1. The van der Waals surface area contributed by atoms with E-state index in [0.29, 0.717) is 23.3 Å². The van der Waals surface area contributed by atoms with Gasteiger partial charge in [0, 0.05) is 35.4 Å². The molecule has 35 heavy (non-hydrogen) atoms. The number of aromatic nitrogens is 1. The number of benzene rings is 2. The summed E-state index contributed by atoms with van der Waals surface area (Å²) in [4.78, 5) is 28.7. The molecule has 1 heterocycles. The van der Waals surface area contributed by atoms with E-state index in [4.69, 9.17) is 0 Å². The van der Waals surface area contributed by atoms with Crippen LogP contribution >= 0.6 is 0 Å². The highest BCUT2D eigenvalue weighted by Crippen LogP contribution is 2.37. The van der Waals surface area contributed by atoms with Crippen LogP contribution in [0, 0.1) is 6.92 Å². The van der Waals surface area contributed by atoms with Gasteiger partial charge in [-0.15, -0.1) is 0 Å². The monoisotopic (exact) mass is 493 g/mol. The molecule has 0 fully saturated rings. The van der Waals surface area contributed by atoms with Crippen molar-refractivity contribution in [2.75, 3.05) is 10.6 Å². The number of carbonyl (C=O) groups excluding carboxylic acids is 2. The minimum absolute atomic E-state index is 0.0335. The van der Waals surface area contributed by atoms with E-state index in [1.807, 2.05) is 0 Å². The Kier molecular flexibility index (Phi) is 7.28. The normalized spacial score (nSPS) is 12.0. The SMILES string of the molecule is Cc1ccc(C(=O)Nc2cc(C(F)(F)F)cc(C(F)(F)F)c2)cc1NC(=O)/C=C/c1cccnc1. The zero-order chi connectivity index (χ0) is 25.8. The number of halogens is 6. The Labute approximate surface area is 195 Å². The number of carbonyl (C=O) groups is 2. The van der Waals surface area contributed by atoms with E-state index in [2.05, 4.69) is 15.6 Å². The van der Waals surface area contributed by atoms with Crippen molar-refractivity contribution in [1.29, 1.82) is 0 Å². The molecule has 11 heteroatoms. The lowest BCUT2D eigenvalue weighted by Gasteiger charge is -2.15. The van der Waals surface area contributed by atoms with Crippen molar-refractivity contribution < 1.29 is 35.9 Å². The standard InChI is InChI=1S/C24H17F6N3O2/c1-14-4-6-16(9-20(14)33-21(34)7-5-15-3-2-8-31-13-15)22(35)32-19-11-17(23(25,26)27)10-18(12-19)24(28,29)30/h2-13H,1H3,(H,32,35)(H,33,34)/b7-5+. The van der Waals surface area contributed by atoms with Crippen molar-refractivity contribution in [3.63, 3.8) is 0 Å². The van der Waals surface area contributed by atoms with Crippen LogP contribution in [0.25, 0.3) is 6.08 Å². The zero-order valence-electron chi connectivity index (χ0n) is 18.0. The van der Waals surface area contributed by atoms with Gasteiger partial charge in [0.15, 0.2) is 0 Å². The summed E-state index contributed by atoms with van der Waals surface area (Å²) in [6.45, 7) is 1.64. The highest BCUT2D eigenvalue weighted by molar-refractivity contribution is 6.07. The molecule has 0 spiro atoms. The number of pyridine rings is 1. The molecule has 0 atom stereocenters. The Balaban J connectivity index is 1.81. The minimum atomic E-state index is -5.05. The molecule has 182 valence electrons. The van der Waals surface area contributed by atoms with Crippen molar-refractivity contribution in [3.05, 3.63) is 94.8 Å². The number of nitrogens with one attached hydrogen (secondary N) is 2. The van der Waals surface area contributed by atoms with Crippen LogP contribution in [0.4, 0.5) is 37.7 Å². The highest BCUT2D eigenvalue weighted by atomic mass is 19.4. The lowest BCUT2D eigenvalue weighted by molar-refractivity contribution is -0.143. The lowest BCUT2D eigenvalue weighted by atomic mass is 10.1. The molecular formula is C24H17F6N3O2. The van der Waals surface area contributed by atoms with Gasteiger partial charge in [0.05, 0.1) is 11.1 Å². The van der Waals surface area contributed by atoms with Crippen LogP contribution in [0.1, 0.15) is 32.6 Å². The molecule has 2 amide bonds. The van der Waals surface area contributed by atoms with E-state index in [1.165, 1.54) is 36.5 Å². The van der Waals surface area contributed by atoms with Crippen LogP contribution in [0.3, 0.4) is 0 Å². The third-order valence-corrected chi connectivity index (χ3v) is 4.71. The fourth-order valence-electron chi connectivity index (χ4n) is 2.95. The summed E-state index contributed by atoms with van der Waals surface area (Å²) in [6, 6.07) is 8.26. The molecule has 3 rings (SSSR count). The molecule has 0 aliphatic heterocycles. The molecule has 2 N–H and O–H groups in total. The quantitative estimate of drug-likeness (QED) is 0.322. The number of alkyl halides is 6. The second-order valence-electron chi connectivity index (χ2n) is 7.39. The third kappa shape index (κ3) is 6.92. The van der Waals surface area contributed by atoms with Crippen molar-refractivity contribution in [3.8, 4) is 0 Å². The molecule has 5 nitrogen and oxygen atoms in total. The van der Waals surface area contributed by atoms with Gasteiger partial charge in [0.25, 0.3) is 5.91 Å². The Hall–Kier alpha value is -4.15. The Bertz CT molecular complexity index is 1240. The molecule has 0 bridgehead atoms. The first-order chi connectivity index (χ1) is 16.3. The largest absolute Gasteiger partial charge is 0.416 e. The first-order valence-electron chi connectivity index (χ1n) is 9.93. The van der Waals surface area contributed by atoms with Crippen molar-refractivity contribution in [2.24, 2.45) is 0 Å². The Morgan fingerprint density at radius 1 is 0.886 bits per heavy atom. The average molecular weight is 493 g/mol. The summed E-state index contributed by atoms with van der Waals surface area (Å²) in [6.07, 6.45) is -4.24. The predicted octanol–water partition coefficient (Wildman–Crippen LogP) is 6.33. The van der Waals surface area contributed by atoms with Gasteiger partial charge < -0.3 is 10.6 Å². The van der Waals surface area contributed by atoms with E-state index < -0.39 is 41.0 Å². The van der Waals surface area contributed by atoms with Crippen LogP contribution < -0.4 is 10.6 Å². The van der Waals surface area contributed by atoms with Crippen LogP contribution in [0.15, 0.2) is 67.0 Å². The predicted molar refractivity (Wildman–Crippen MR) is 117 cm³/mol. The van der Waals surface area contributed by atoms with Gasteiger partial charge in [-0.2, -0.15) is 26.3 Å². The molecule has 1 aromatic heterocycles. The summed E-state index contributed by atoms with van der Waals surface area (Å²) in [5.41, 5.74) is -2.40. The van der Waals surface area contributed by atoms with E-state index in [9.17, 15) is 35.9 Å². The molecule has 0 unspecified atom stereocenters. The van der Waals surface area contributed by atoms with Gasteiger partial charge >= 0.3 is 12.4 Å². The molecule has 0 aliphatic carbocycles. The highest BCUT2D eigenvalue weighted by Gasteiger charge is 2.37. The Morgan fingerprint density at radius 2 is 1.54 bits per heavy atom. The molecule has 0 saturated heterocycles. The zero-order valence-corrected chi connectivity index (χ0v) is 18.0. The van der Waals surface area contributed by atoms with Gasteiger partial charge in [0.2, 0.25) is 5.91 Å². The second-order valence-corrected chi connectivity index (χ2v) is 7.39. The van der Waals surface area contributed by atoms with Crippen molar-refractivity contribution in [2.45, 2.75) is 19.3 Å². The maximum absolute atomic E-state index is 13.1. The summed E-state index contributed by atoms with van der Waals surface area (Å²) < 4.78 is 78.3. The number of hydrogen-bond donors (Lipinski definition) is 2. The number of aryl methyl sites for hydroxylation is 1. The van der Waals surface area contributed by atoms with Gasteiger partial charge in [-0.1, -0.05) is 12.1 Å². The first kappa shape index (κ1) is 25.5. The van der Waals surface area contributed by atoms with Crippen molar-refractivity contribution in [1.82, 2.24) is 4.98 Å². The number of hydrogen-bond acceptors (Lipinski definition) is 3. The van der Waals surface area contributed by atoms with Crippen LogP contribution in [0.5, 0.6) is 0 Å². The fraction of sp³-hybridized carbons (Fsp3) is 0.125. The van der Waals surface area contributed by atoms with E-state index in [-0.39, 0.29) is 17.3 Å². The second kappa shape index (κ2) is 10.00. The third-order valence-electron chi connectivity index (χ3n) is 4.71. The van der Waals surface area contributed by atoms with Gasteiger partial charge in [-0.25, -0.2) is 0 Å². The van der Waals surface area contributed by atoms with Crippen LogP contribution in [-0.2, 0) is 17.1 Å². The summed E-state index contributed by atoms with van der Waals surface area (Å²) in [5.74, 6) is -1.49. The summed E-state index contributed by atoms with van der Waals surface area (Å²) >= 11 is 0. The van der Waals surface area contributed by atoms with Crippen LogP contribution in [0.2, 0.25) is 0 Å². The van der Waals surface area contributed by atoms with E-state index in [0.717, 1.165) is 0 Å². The molecule has 0 radical (unpaired) electrons. The molecular weight excluding hydrogens is 476 g/mol. The van der Waals surface area contributed by atoms with Crippen molar-refractivity contribution >= 4 is 29.3 Å². The number of rotatable bonds is 5. The maximum Gasteiger partial charge on any atom is 0.416 e. The summed E-state index contributed by atoms with van der Waals surface area (Å²) in [5, 5.41) is 4.63. The van der Waals surface area contributed by atoms with Gasteiger partial charge in [-0.05, 0) is 60.5 Å². The van der Waals surface area contributed by atoms with E-state index in [1.54, 1.807) is 25.3 Å². The molecule has 2 aromatic carbocycles. The van der Waals surface area contributed by atoms with Gasteiger partial charge in [0.1, 0.15) is 0 Å². The molecule has 3 aromatic rings. The average Bonchev–Trinajstić information content (AvgIpc) is 2.78. The van der Waals surface area contributed by atoms with Crippen LogP contribution in [-0.4, -0.2) is 16.8 Å². The topological polar surface area (TPSA) is 71.1 Å². The molecule has 0 aliphatic rings. The van der Waals surface area contributed by atoms with Gasteiger partial charge in [-0.3, -0.25) is 14.6 Å². The number of amides is 2. The molecule has 0 saturated carbocycles. The number of nitrogens with zero attached hydrogens (tertiary/aromatic N) is 1. The first-order valence-corrected chi connectivity index (χ1v) is 9.93. The fourth-order valence-corrected chi connectivity index (χ4v) is 2.95. The minimum Gasteiger partial charge on any atom is -0.322 e. The van der Waals surface area contributed by atoms with E-state index >= 15 is 0 Å². The Morgan fingerprint density at radius 3 is 2.11 bits per heavy atom.